The Morgan fingerprint density at radius 3 is 2.54 bits per heavy atom. The molecule has 2 amide bonds. The van der Waals surface area contributed by atoms with Gasteiger partial charge in [0.1, 0.15) is 11.8 Å². The van der Waals surface area contributed by atoms with Crippen molar-refractivity contribution in [1.29, 1.82) is 0 Å². The lowest BCUT2D eigenvalue weighted by Crippen LogP contribution is -2.44. The van der Waals surface area contributed by atoms with Gasteiger partial charge in [0.2, 0.25) is 11.8 Å². The van der Waals surface area contributed by atoms with Crippen molar-refractivity contribution in [1.82, 2.24) is 10.2 Å². The molecule has 142 valence electrons. The van der Waals surface area contributed by atoms with Crippen LogP contribution in [0.25, 0.3) is 0 Å². The van der Waals surface area contributed by atoms with Gasteiger partial charge in [-0.25, -0.2) is 0 Å². The molecule has 1 aliphatic carbocycles. The molecule has 3 rings (SSSR count). The van der Waals surface area contributed by atoms with E-state index in [2.05, 4.69) is 5.32 Å². The summed E-state index contributed by atoms with van der Waals surface area (Å²) in [4.78, 5) is 25.4. The number of β-amino-alcohol motifs (C(OH)–C–C–N with tert-alkyl or cyclic N) is 1. The average molecular weight is 360 g/mol. The maximum Gasteiger partial charge on any atom is 0.243 e. The number of hydrogen-bond donors (Lipinski definition) is 2. The van der Waals surface area contributed by atoms with Crippen LogP contribution >= 0.6 is 0 Å². The third kappa shape index (κ3) is 4.75. The summed E-state index contributed by atoms with van der Waals surface area (Å²) in [5, 5.41) is 12.6. The van der Waals surface area contributed by atoms with Gasteiger partial charge in [-0.2, -0.15) is 0 Å². The minimum absolute atomic E-state index is 0.189. The molecule has 1 heterocycles. The van der Waals surface area contributed by atoms with Gasteiger partial charge in [0.05, 0.1) is 12.2 Å². The van der Waals surface area contributed by atoms with Gasteiger partial charge in [0.15, 0.2) is 0 Å². The van der Waals surface area contributed by atoms with Crippen LogP contribution in [-0.2, 0) is 16.1 Å². The molecule has 0 radical (unpaired) electrons. The van der Waals surface area contributed by atoms with Gasteiger partial charge >= 0.3 is 0 Å². The Kier molecular flexibility index (Phi) is 6.14. The van der Waals surface area contributed by atoms with E-state index in [0.717, 1.165) is 24.2 Å². The van der Waals surface area contributed by atoms with E-state index in [9.17, 15) is 14.7 Å². The number of benzene rings is 1. The summed E-state index contributed by atoms with van der Waals surface area (Å²) in [7, 11) is 0. The quantitative estimate of drug-likeness (QED) is 0.842. The van der Waals surface area contributed by atoms with E-state index in [1.807, 2.05) is 24.3 Å². The van der Waals surface area contributed by atoms with Gasteiger partial charge < -0.3 is 20.1 Å². The van der Waals surface area contributed by atoms with Crippen LogP contribution in [-0.4, -0.2) is 46.6 Å². The first-order chi connectivity index (χ1) is 12.5. The summed E-state index contributed by atoms with van der Waals surface area (Å²) < 4.78 is 6.01. The highest BCUT2D eigenvalue weighted by molar-refractivity contribution is 5.87. The summed E-state index contributed by atoms with van der Waals surface area (Å²) in [6, 6.07) is 7.20. The van der Waals surface area contributed by atoms with Gasteiger partial charge in [-0.3, -0.25) is 9.59 Å². The number of carbonyl (C=O) groups excluding carboxylic acids is 2. The first-order valence-electron chi connectivity index (χ1n) is 9.51. The maximum absolute atomic E-state index is 12.4. The van der Waals surface area contributed by atoms with Gasteiger partial charge in [-0.1, -0.05) is 18.6 Å². The van der Waals surface area contributed by atoms with Crippen molar-refractivity contribution in [3.8, 4) is 5.75 Å². The molecule has 1 aromatic rings. The van der Waals surface area contributed by atoms with Crippen LogP contribution in [0.1, 0.15) is 51.0 Å². The van der Waals surface area contributed by atoms with Crippen LogP contribution in [0.4, 0.5) is 0 Å². The van der Waals surface area contributed by atoms with Crippen molar-refractivity contribution >= 4 is 11.8 Å². The topological polar surface area (TPSA) is 78.9 Å². The number of nitrogens with zero attached hydrogens (tertiary/aromatic N) is 1. The molecule has 0 unspecified atom stereocenters. The molecule has 2 N–H and O–H groups in total. The molecular weight excluding hydrogens is 332 g/mol. The van der Waals surface area contributed by atoms with Crippen molar-refractivity contribution < 1.29 is 19.4 Å². The Bertz CT molecular complexity index is 625. The highest BCUT2D eigenvalue weighted by Gasteiger charge is 2.37. The number of carbonyl (C=O) groups is 2. The standard InChI is InChI=1S/C20H28N2O4/c1-14(23)22-13-16(24)11-19(22)20(25)21-12-15-7-9-18(10-8-15)26-17-5-3-2-4-6-17/h7-10,16-17,19,24H,2-6,11-13H2,1H3,(H,21,25)/t16-,19-/m1/s1. The molecule has 1 aromatic carbocycles. The lowest BCUT2D eigenvalue weighted by molar-refractivity contribution is -0.137. The van der Waals surface area contributed by atoms with Crippen molar-refractivity contribution in [3.05, 3.63) is 29.8 Å². The van der Waals surface area contributed by atoms with E-state index >= 15 is 0 Å². The van der Waals surface area contributed by atoms with Crippen LogP contribution in [0, 0.1) is 0 Å². The molecule has 2 aliphatic rings. The fourth-order valence-corrected chi connectivity index (χ4v) is 3.78. The zero-order valence-electron chi connectivity index (χ0n) is 15.3. The minimum Gasteiger partial charge on any atom is -0.490 e. The molecule has 26 heavy (non-hydrogen) atoms. The summed E-state index contributed by atoms with van der Waals surface area (Å²) in [5.41, 5.74) is 0.974. The number of rotatable bonds is 5. The molecule has 2 atom stereocenters. The van der Waals surface area contributed by atoms with Gasteiger partial charge in [0.25, 0.3) is 0 Å². The Balaban J connectivity index is 1.49. The lowest BCUT2D eigenvalue weighted by Gasteiger charge is -2.23. The first kappa shape index (κ1) is 18.7. The van der Waals surface area contributed by atoms with E-state index in [1.165, 1.54) is 31.1 Å². The van der Waals surface area contributed by atoms with Crippen molar-refractivity contribution in [2.24, 2.45) is 0 Å². The van der Waals surface area contributed by atoms with Gasteiger partial charge in [-0.15, -0.1) is 0 Å². The first-order valence-corrected chi connectivity index (χ1v) is 9.51. The second kappa shape index (κ2) is 8.54. The Labute approximate surface area is 154 Å². The van der Waals surface area contributed by atoms with Gasteiger partial charge in [0, 0.05) is 26.4 Å². The maximum atomic E-state index is 12.4. The monoisotopic (exact) mass is 360 g/mol. The van der Waals surface area contributed by atoms with E-state index in [-0.39, 0.29) is 18.4 Å². The number of likely N-dealkylation sites (tertiary alicyclic amines) is 1. The van der Waals surface area contributed by atoms with E-state index in [0.29, 0.717) is 19.1 Å². The molecule has 1 saturated carbocycles. The van der Waals surface area contributed by atoms with Crippen LogP contribution in [0.15, 0.2) is 24.3 Å². The van der Waals surface area contributed by atoms with Crippen molar-refractivity contribution in [2.45, 2.75) is 70.2 Å². The molecule has 0 bridgehead atoms. The molecule has 6 heteroatoms. The second-order valence-corrected chi connectivity index (χ2v) is 7.32. The predicted molar refractivity (Wildman–Crippen MR) is 97.6 cm³/mol. The van der Waals surface area contributed by atoms with Crippen molar-refractivity contribution in [2.75, 3.05) is 6.54 Å². The Morgan fingerprint density at radius 2 is 1.88 bits per heavy atom. The number of hydrogen-bond acceptors (Lipinski definition) is 4. The minimum atomic E-state index is -0.633. The van der Waals surface area contributed by atoms with E-state index in [1.54, 1.807) is 0 Å². The largest absolute Gasteiger partial charge is 0.490 e. The number of ether oxygens (including phenoxy) is 1. The summed E-state index contributed by atoms with van der Waals surface area (Å²) in [6.45, 7) is 2.03. The molecule has 6 nitrogen and oxygen atoms in total. The lowest BCUT2D eigenvalue weighted by atomic mass is 9.98. The molecular formula is C20H28N2O4. The molecule has 1 saturated heterocycles. The fourth-order valence-electron chi connectivity index (χ4n) is 3.78. The number of aliphatic hydroxyl groups is 1. The van der Waals surface area contributed by atoms with E-state index in [4.69, 9.17) is 4.74 Å². The zero-order valence-corrected chi connectivity index (χ0v) is 15.3. The predicted octanol–water partition coefficient (Wildman–Crippen LogP) is 2.00. The molecule has 2 fully saturated rings. The summed E-state index contributed by atoms with van der Waals surface area (Å²) in [5.74, 6) is 0.457. The van der Waals surface area contributed by atoms with Crippen LogP contribution in [0.3, 0.4) is 0 Å². The zero-order chi connectivity index (χ0) is 18.5. The molecule has 0 aromatic heterocycles. The highest BCUT2D eigenvalue weighted by atomic mass is 16.5. The Hall–Kier alpha value is -2.08. The second-order valence-electron chi connectivity index (χ2n) is 7.32. The van der Waals surface area contributed by atoms with E-state index < -0.39 is 12.1 Å². The Morgan fingerprint density at radius 1 is 1.19 bits per heavy atom. The SMILES string of the molecule is CC(=O)N1C[C@H](O)C[C@@H]1C(=O)NCc1ccc(OC2CCCCC2)cc1. The average Bonchev–Trinajstić information content (AvgIpc) is 3.04. The fraction of sp³-hybridized carbons (Fsp3) is 0.600. The number of amides is 2. The van der Waals surface area contributed by atoms with Crippen LogP contribution < -0.4 is 10.1 Å². The third-order valence-corrected chi connectivity index (χ3v) is 5.23. The third-order valence-electron chi connectivity index (χ3n) is 5.23. The van der Waals surface area contributed by atoms with Crippen LogP contribution in [0.2, 0.25) is 0 Å². The summed E-state index contributed by atoms with van der Waals surface area (Å²) >= 11 is 0. The van der Waals surface area contributed by atoms with Crippen LogP contribution in [0.5, 0.6) is 5.75 Å². The number of aliphatic hydroxyl groups excluding tert-OH is 1. The molecule has 1 aliphatic heterocycles. The number of nitrogens with one attached hydrogen (secondary N) is 1. The summed E-state index contributed by atoms with van der Waals surface area (Å²) in [6.07, 6.45) is 6.00. The van der Waals surface area contributed by atoms with Crippen molar-refractivity contribution in [3.63, 3.8) is 0 Å². The smallest absolute Gasteiger partial charge is 0.243 e. The highest BCUT2D eigenvalue weighted by Crippen LogP contribution is 2.23. The normalized spacial score (nSPS) is 23.7. The molecule has 0 spiro atoms. The van der Waals surface area contributed by atoms with Gasteiger partial charge in [-0.05, 0) is 43.4 Å².